The van der Waals surface area contributed by atoms with Crippen LogP contribution < -0.4 is 0 Å². The third-order valence-corrected chi connectivity index (χ3v) is 6.26. The van der Waals surface area contributed by atoms with Gasteiger partial charge in [-0.1, -0.05) is 142 Å². The summed E-state index contributed by atoms with van der Waals surface area (Å²) in [7, 11) is 0. The van der Waals surface area contributed by atoms with Crippen LogP contribution in [0.15, 0.2) is 61.2 Å². The molecule has 0 aliphatic carbocycles. The van der Waals surface area contributed by atoms with Gasteiger partial charge in [-0.3, -0.25) is 0 Å². The van der Waals surface area contributed by atoms with Crippen LogP contribution in [-0.4, -0.2) is 0 Å². The maximum Gasteiger partial charge on any atom is -0.0165 e. The molecule has 0 N–H and O–H groups in total. The van der Waals surface area contributed by atoms with E-state index in [0.29, 0.717) is 0 Å². The molecule has 1 unspecified atom stereocenters. The molecule has 240 valence electrons. The molecule has 0 radical (unpaired) electrons. The molecule has 0 saturated carbocycles. The van der Waals surface area contributed by atoms with E-state index < -0.39 is 0 Å². The van der Waals surface area contributed by atoms with E-state index in [1.807, 2.05) is 41.5 Å². The van der Waals surface area contributed by atoms with Crippen LogP contribution in [-0.2, 0) is 0 Å². The lowest BCUT2D eigenvalue weighted by Crippen LogP contribution is -1.97. The molecule has 0 aliphatic heterocycles. The Hall–Kier alpha value is -2.08. The molecule has 0 aromatic heterocycles. The molecular formula is C41H76. The van der Waals surface area contributed by atoms with Gasteiger partial charge in [-0.15, -0.1) is 13.2 Å². The van der Waals surface area contributed by atoms with Gasteiger partial charge in [0.2, 0.25) is 0 Å². The zero-order chi connectivity index (χ0) is 33.4. The van der Waals surface area contributed by atoms with Crippen LogP contribution in [0.1, 0.15) is 161 Å². The van der Waals surface area contributed by atoms with Crippen molar-refractivity contribution in [2.24, 2.45) is 5.92 Å². The van der Waals surface area contributed by atoms with Crippen LogP contribution >= 0.6 is 0 Å². The van der Waals surface area contributed by atoms with Crippen molar-refractivity contribution in [3.63, 3.8) is 0 Å². The van der Waals surface area contributed by atoms with E-state index in [0.717, 1.165) is 18.3 Å². The van der Waals surface area contributed by atoms with Gasteiger partial charge in [0, 0.05) is 0 Å². The van der Waals surface area contributed by atoms with Gasteiger partial charge in [0.1, 0.15) is 0 Å². The molecule has 0 aliphatic rings. The van der Waals surface area contributed by atoms with E-state index in [-0.39, 0.29) is 0 Å². The van der Waals surface area contributed by atoms with E-state index in [2.05, 4.69) is 126 Å². The summed E-state index contributed by atoms with van der Waals surface area (Å²) in [5.41, 5.74) is 9.72. The lowest BCUT2D eigenvalue weighted by Gasteiger charge is -2.15. The number of benzene rings is 2. The predicted molar refractivity (Wildman–Crippen MR) is 198 cm³/mol. The first-order valence-corrected chi connectivity index (χ1v) is 16.7. The van der Waals surface area contributed by atoms with Gasteiger partial charge in [-0.05, 0) is 107 Å². The first-order valence-electron chi connectivity index (χ1n) is 16.7. The molecule has 0 nitrogen and oxygen atoms in total. The fraction of sp³-hybridized carbons (Fsp3) is 0.610. The van der Waals surface area contributed by atoms with Crippen molar-refractivity contribution >= 4 is 0 Å². The highest BCUT2D eigenvalue weighted by Gasteiger charge is 2.08. The first-order chi connectivity index (χ1) is 19.3. The summed E-state index contributed by atoms with van der Waals surface area (Å²) in [5.74, 6) is 1.66. The van der Waals surface area contributed by atoms with E-state index >= 15 is 0 Å². The second kappa shape index (κ2) is 35.9. The Kier molecular flexibility index (Phi) is 42.6. The second-order valence-corrected chi connectivity index (χ2v) is 10.7. The molecule has 2 aromatic carbocycles. The van der Waals surface area contributed by atoms with Crippen LogP contribution in [0.5, 0.6) is 0 Å². The Balaban J connectivity index is -0.000000139. The molecule has 2 rings (SSSR count). The minimum Gasteiger partial charge on any atom is -0.103 e. The molecule has 2 aromatic rings. The standard InChI is InChI=1S/C14H22.C9H12.C6H14.C5H10.C3H6.2C2H6/c1-5-7-13(6-2)14-9-8-11(3)12(4)10-14;1-7-4-5-8(2)9(3)6-7;1-4-5-6(2)3;1-4-5(2)3;1-3-2;2*1-2/h8-10,13H,5-7H2,1-4H3;4-6H,1-3H3;6H,4-5H2,1-3H3;2,4H2,1,3H3;3H,1H2,2H3;2*1-2H3. The average molecular weight is 569 g/mol. The van der Waals surface area contributed by atoms with Gasteiger partial charge in [0.05, 0.1) is 0 Å². The highest BCUT2D eigenvalue weighted by molar-refractivity contribution is 5.32. The Bertz CT molecular complexity index is 822. The minimum absolute atomic E-state index is 0.763. The number of rotatable bonds is 7. The van der Waals surface area contributed by atoms with Crippen molar-refractivity contribution in [2.75, 3.05) is 0 Å². The fourth-order valence-corrected chi connectivity index (χ4v) is 3.44. The average Bonchev–Trinajstić information content (AvgIpc) is 2.95. The number of hydrogen-bond donors (Lipinski definition) is 0. The van der Waals surface area contributed by atoms with Crippen molar-refractivity contribution in [1.29, 1.82) is 0 Å². The zero-order valence-electron chi connectivity index (χ0n) is 31.4. The highest BCUT2D eigenvalue weighted by atomic mass is 14.1. The number of aryl methyl sites for hydroxylation is 5. The van der Waals surface area contributed by atoms with Crippen molar-refractivity contribution in [1.82, 2.24) is 0 Å². The predicted octanol–water partition coefficient (Wildman–Crippen LogP) is 14.9. The second-order valence-electron chi connectivity index (χ2n) is 10.7. The van der Waals surface area contributed by atoms with Gasteiger partial charge in [-0.25, -0.2) is 0 Å². The number of allylic oxidation sites excluding steroid dienone is 2. The monoisotopic (exact) mass is 569 g/mol. The molecule has 41 heavy (non-hydrogen) atoms. The molecule has 0 saturated heterocycles. The summed E-state index contributed by atoms with van der Waals surface area (Å²) in [6.07, 6.45) is 9.43. The summed E-state index contributed by atoms with van der Waals surface area (Å²) in [5, 5.41) is 0. The summed E-state index contributed by atoms with van der Waals surface area (Å²) in [6, 6.07) is 13.4. The van der Waals surface area contributed by atoms with Crippen LogP contribution in [0.4, 0.5) is 0 Å². The Morgan fingerprint density at radius 2 is 1.10 bits per heavy atom. The van der Waals surface area contributed by atoms with Crippen LogP contribution in [0.25, 0.3) is 0 Å². The molecule has 0 heteroatoms. The minimum atomic E-state index is 0.763. The zero-order valence-corrected chi connectivity index (χ0v) is 31.4. The van der Waals surface area contributed by atoms with Crippen molar-refractivity contribution < 1.29 is 0 Å². The Morgan fingerprint density at radius 3 is 1.34 bits per heavy atom. The summed E-state index contributed by atoms with van der Waals surface area (Å²) in [4.78, 5) is 0. The topological polar surface area (TPSA) is 0 Å². The molecule has 0 heterocycles. The van der Waals surface area contributed by atoms with Crippen molar-refractivity contribution in [2.45, 2.75) is 162 Å². The SMILES string of the molecule is C=C(C)CC.C=CC.CC.CC.CCCC(C)C.CCCC(CC)c1ccc(C)c(C)c1.Cc1ccc(C)c(C)c1. The summed E-state index contributed by atoms with van der Waals surface area (Å²) in [6.45, 7) is 43.1. The van der Waals surface area contributed by atoms with Crippen LogP contribution in [0.3, 0.4) is 0 Å². The Morgan fingerprint density at radius 1 is 0.707 bits per heavy atom. The van der Waals surface area contributed by atoms with Crippen LogP contribution in [0.2, 0.25) is 0 Å². The molecule has 0 amide bonds. The molecule has 0 bridgehead atoms. The smallest absolute Gasteiger partial charge is 0.0165 e. The lowest BCUT2D eigenvalue weighted by molar-refractivity contribution is 0.576. The van der Waals surface area contributed by atoms with E-state index in [1.54, 1.807) is 6.08 Å². The quantitative estimate of drug-likeness (QED) is 0.291. The first kappa shape index (κ1) is 48.6. The molecule has 1 atom stereocenters. The van der Waals surface area contributed by atoms with Crippen molar-refractivity contribution in [3.8, 4) is 0 Å². The fourth-order valence-electron chi connectivity index (χ4n) is 3.44. The van der Waals surface area contributed by atoms with Crippen LogP contribution in [0, 0.1) is 40.5 Å². The van der Waals surface area contributed by atoms with Gasteiger partial charge in [0.25, 0.3) is 0 Å². The van der Waals surface area contributed by atoms with E-state index in [9.17, 15) is 0 Å². The normalized spacial score (nSPS) is 9.51. The largest absolute Gasteiger partial charge is 0.103 e. The summed E-state index contributed by atoms with van der Waals surface area (Å²) >= 11 is 0. The summed E-state index contributed by atoms with van der Waals surface area (Å²) < 4.78 is 0. The third kappa shape index (κ3) is 34.0. The molecular weight excluding hydrogens is 492 g/mol. The number of hydrogen-bond acceptors (Lipinski definition) is 0. The third-order valence-electron chi connectivity index (χ3n) is 6.26. The lowest BCUT2D eigenvalue weighted by atomic mass is 9.90. The molecule has 0 spiro atoms. The van der Waals surface area contributed by atoms with Gasteiger partial charge in [-0.2, -0.15) is 0 Å². The maximum atomic E-state index is 3.67. The molecule has 0 fully saturated rings. The maximum absolute atomic E-state index is 3.67. The van der Waals surface area contributed by atoms with Gasteiger partial charge in [0.15, 0.2) is 0 Å². The van der Waals surface area contributed by atoms with E-state index in [4.69, 9.17) is 0 Å². The van der Waals surface area contributed by atoms with Gasteiger partial charge < -0.3 is 0 Å². The van der Waals surface area contributed by atoms with Crippen molar-refractivity contribution in [3.05, 3.63) is 94.6 Å². The Labute approximate surface area is 262 Å². The van der Waals surface area contributed by atoms with E-state index in [1.165, 1.54) is 71.1 Å². The highest BCUT2D eigenvalue weighted by Crippen LogP contribution is 2.26. The van der Waals surface area contributed by atoms with Gasteiger partial charge >= 0.3 is 0 Å².